The SMILES string of the molecule is CCN(C(=O)c1cccc2c1CCCN2)c1ccc(F)cc1. The van der Waals surface area contributed by atoms with Crippen LogP contribution in [0.1, 0.15) is 29.3 Å². The molecular formula is C18H19FN2O. The molecule has 0 radical (unpaired) electrons. The molecule has 1 aliphatic heterocycles. The highest BCUT2D eigenvalue weighted by molar-refractivity contribution is 6.07. The van der Waals surface area contributed by atoms with E-state index in [-0.39, 0.29) is 11.7 Å². The molecule has 0 fully saturated rings. The van der Waals surface area contributed by atoms with E-state index < -0.39 is 0 Å². The van der Waals surface area contributed by atoms with Crippen LogP contribution in [0.3, 0.4) is 0 Å². The first-order chi connectivity index (χ1) is 10.7. The van der Waals surface area contributed by atoms with Crippen LogP contribution in [0, 0.1) is 5.82 Å². The molecule has 0 bridgehead atoms. The fourth-order valence-electron chi connectivity index (χ4n) is 2.92. The fraction of sp³-hybridized carbons (Fsp3) is 0.278. The summed E-state index contributed by atoms with van der Waals surface area (Å²) in [5.74, 6) is -0.330. The third kappa shape index (κ3) is 2.69. The van der Waals surface area contributed by atoms with E-state index in [4.69, 9.17) is 0 Å². The molecule has 3 nitrogen and oxygen atoms in total. The fourth-order valence-corrected chi connectivity index (χ4v) is 2.92. The van der Waals surface area contributed by atoms with Crippen molar-refractivity contribution in [3.63, 3.8) is 0 Å². The Morgan fingerprint density at radius 3 is 2.73 bits per heavy atom. The number of rotatable bonds is 3. The number of nitrogens with zero attached hydrogens (tertiary/aromatic N) is 1. The molecule has 0 unspecified atom stereocenters. The van der Waals surface area contributed by atoms with Gasteiger partial charge in [-0.25, -0.2) is 4.39 Å². The Bertz CT molecular complexity index is 682. The van der Waals surface area contributed by atoms with E-state index >= 15 is 0 Å². The van der Waals surface area contributed by atoms with Crippen molar-refractivity contribution in [2.75, 3.05) is 23.3 Å². The normalized spacial score (nSPS) is 13.2. The van der Waals surface area contributed by atoms with Gasteiger partial charge in [-0.1, -0.05) is 6.07 Å². The molecule has 114 valence electrons. The number of hydrogen-bond acceptors (Lipinski definition) is 2. The van der Waals surface area contributed by atoms with E-state index in [0.29, 0.717) is 6.54 Å². The van der Waals surface area contributed by atoms with Crippen LogP contribution in [-0.2, 0) is 6.42 Å². The molecule has 0 atom stereocenters. The van der Waals surface area contributed by atoms with Gasteiger partial charge in [-0.05, 0) is 61.7 Å². The first-order valence-electron chi connectivity index (χ1n) is 7.64. The van der Waals surface area contributed by atoms with Crippen molar-refractivity contribution in [1.29, 1.82) is 0 Å². The zero-order valence-electron chi connectivity index (χ0n) is 12.6. The maximum atomic E-state index is 13.1. The summed E-state index contributed by atoms with van der Waals surface area (Å²) >= 11 is 0. The van der Waals surface area contributed by atoms with Gasteiger partial charge in [-0.2, -0.15) is 0 Å². The average Bonchev–Trinajstić information content (AvgIpc) is 2.56. The molecule has 2 aromatic rings. The lowest BCUT2D eigenvalue weighted by molar-refractivity contribution is 0.0987. The number of benzene rings is 2. The van der Waals surface area contributed by atoms with Crippen LogP contribution in [0.25, 0.3) is 0 Å². The van der Waals surface area contributed by atoms with Gasteiger partial charge in [-0.15, -0.1) is 0 Å². The summed E-state index contributed by atoms with van der Waals surface area (Å²) in [4.78, 5) is 14.6. The lowest BCUT2D eigenvalue weighted by atomic mass is 9.96. The predicted octanol–water partition coefficient (Wildman–Crippen LogP) is 3.85. The third-order valence-electron chi connectivity index (χ3n) is 4.03. The minimum atomic E-state index is -0.298. The monoisotopic (exact) mass is 298 g/mol. The first kappa shape index (κ1) is 14.6. The number of carbonyl (C=O) groups is 1. The summed E-state index contributed by atoms with van der Waals surface area (Å²) in [5, 5.41) is 3.34. The molecule has 1 amide bonds. The molecule has 0 saturated heterocycles. The van der Waals surface area contributed by atoms with Crippen molar-refractivity contribution in [2.24, 2.45) is 0 Å². The highest BCUT2D eigenvalue weighted by atomic mass is 19.1. The number of amides is 1. The Labute approximate surface area is 129 Å². The van der Waals surface area contributed by atoms with Gasteiger partial charge >= 0.3 is 0 Å². The number of nitrogens with one attached hydrogen (secondary N) is 1. The molecule has 1 heterocycles. The van der Waals surface area contributed by atoms with Gasteiger partial charge in [-0.3, -0.25) is 4.79 Å². The topological polar surface area (TPSA) is 32.3 Å². The second-order valence-electron chi connectivity index (χ2n) is 5.39. The number of fused-ring (bicyclic) bond motifs is 1. The largest absolute Gasteiger partial charge is 0.385 e. The van der Waals surface area contributed by atoms with Gasteiger partial charge in [0.2, 0.25) is 0 Å². The van der Waals surface area contributed by atoms with Crippen molar-refractivity contribution >= 4 is 17.3 Å². The molecule has 0 spiro atoms. The molecular weight excluding hydrogens is 279 g/mol. The minimum absolute atomic E-state index is 0.0327. The zero-order chi connectivity index (χ0) is 15.5. The van der Waals surface area contributed by atoms with Crippen molar-refractivity contribution < 1.29 is 9.18 Å². The molecule has 4 heteroatoms. The molecule has 1 N–H and O–H groups in total. The van der Waals surface area contributed by atoms with E-state index in [0.717, 1.165) is 41.9 Å². The summed E-state index contributed by atoms with van der Waals surface area (Å²) in [7, 11) is 0. The van der Waals surface area contributed by atoms with Crippen LogP contribution < -0.4 is 10.2 Å². The van der Waals surface area contributed by atoms with Crippen molar-refractivity contribution in [3.8, 4) is 0 Å². The molecule has 2 aromatic carbocycles. The van der Waals surface area contributed by atoms with E-state index in [2.05, 4.69) is 5.32 Å². The van der Waals surface area contributed by atoms with Gasteiger partial charge in [0.15, 0.2) is 0 Å². The van der Waals surface area contributed by atoms with Crippen LogP contribution in [0.5, 0.6) is 0 Å². The number of hydrogen-bond donors (Lipinski definition) is 1. The maximum absolute atomic E-state index is 13.1. The molecule has 0 aromatic heterocycles. The van der Waals surface area contributed by atoms with Gasteiger partial charge in [0.1, 0.15) is 5.82 Å². The minimum Gasteiger partial charge on any atom is -0.385 e. The smallest absolute Gasteiger partial charge is 0.258 e. The van der Waals surface area contributed by atoms with Crippen molar-refractivity contribution in [1.82, 2.24) is 0 Å². The lowest BCUT2D eigenvalue weighted by Crippen LogP contribution is -2.32. The van der Waals surface area contributed by atoms with Crippen molar-refractivity contribution in [3.05, 3.63) is 59.4 Å². The summed E-state index contributed by atoms with van der Waals surface area (Å²) in [6.07, 6.45) is 1.94. The maximum Gasteiger partial charge on any atom is 0.258 e. The highest BCUT2D eigenvalue weighted by Gasteiger charge is 2.22. The van der Waals surface area contributed by atoms with E-state index in [1.807, 2.05) is 25.1 Å². The quantitative estimate of drug-likeness (QED) is 0.933. The zero-order valence-corrected chi connectivity index (χ0v) is 12.6. The van der Waals surface area contributed by atoms with Crippen LogP contribution in [0.15, 0.2) is 42.5 Å². The molecule has 3 rings (SSSR count). The molecule has 0 saturated carbocycles. The Morgan fingerprint density at radius 1 is 1.23 bits per heavy atom. The summed E-state index contributed by atoms with van der Waals surface area (Å²) in [6, 6.07) is 11.8. The third-order valence-corrected chi connectivity index (χ3v) is 4.03. The van der Waals surface area contributed by atoms with Crippen LogP contribution in [-0.4, -0.2) is 19.0 Å². The highest BCUT2D eigenvalue weighted by Crippen LogP contribution is 2.27. The van der Waals surface area contributed by atoms with E-state index in [1.165, 1.54) is 12.1 Å². The molecule has 22 heavy (non-hydrogen) atoms. The van der Waals surface area contributed by atoms with Gasteiger partial charge in [0, 0.05) is 30.0 Å². The predicted molar refractivity (Wildman–Crippen MR) is 87.0 cm³/mol. The number of halogens is 1. The summed E-state index contributed by atoms with van der Waals surface area (Å²) in [6.45, 7) is 3.41. The van der Waals surface area contributed by atoms with Gasteiger partial charge < -0.3 is 10.2 Å². The van der Waals surface area contributed by atoms with Crippen LogP contribution >= 0.6 is 0 Å². The van der Waals surface area contributed by atoms with Crippen LogP contribution in [0.4, 0.5) is 15.8 Å². The van der Waals surface area contributed by atoms with E-state index in [9.17, 15) is 9.18 Å². The Hall–Kier alpha value is -2.36. The first-order valence-corrected chi connectivity index (χ1v) is 7.64. The second kappa shape index (κ2) is 6.18. The van der Waals surface area contributed by atoms with Gasteiger partial charge in [0.05, 0.1) is 0 Å². The van der Waals surface area contributed by atoms with E-state index in [1.54, 1.807) is 17.0 Å². The van der Waals surface area contributed by atoms with Gasteiger partial charge in [0.25, 0.3) is 5.91 Å². The average molecular weight is 298 g/mol. The standard InChI is InChI=1S/C18H19FN2O/c1-2-21(14-10-8-13(19)9-11-14)18(22)16-5-3-7-17-15(16)6-4-12-20-17/h3,5,7-11,20H,2,4,6,12H2,1H3. The Kier molecular flexibility index (Phi) is 4.09. The summed E-state index contributed by atoms with van der Waals surface area (Å²) in [5.41, 5.74) is 3.58. The number of anilines is 2. The van der Waals surface area contributed by atoms with Crippen molar-refractivity contribution in [2.45, 2.75) is 19.8 Å². The Morgan fingerprint density at radius 2 is 2.00 bits per heavy atom. The second-order valence-corrected chi connectivity index (χ2v) is 5.39. The lowest BCUT2D eigenvalue weighted by Gasteiger charge is -2.25. The van der Waals surface area contributed by atoms with Crippen LogP contribution in [0.2, 0.25) is 0 Å². The molecule has 0 aliphatic carbocycles. The Balaban J connectivity index is 1.97. The summed E-state index contributed by atoms with van der Waals surface area (Å²) < 4.78 is 13.1. The molecule has 1 aliphatic rings. The number of carbonyl (C=O) groups excluding carboxylic acids is 1.